The first-order valence-electron chi connectivity index (χ1n) is 6.43. The first-order chi connectivity index (χ1) is 10.1. The zero-order chi connectivity index (χ0) is 14.8. The number of nitrogens with zero attached hydrogens (tertiary/aromatic N) is 2. The minimum atomic E-state index is -0.526. The van der Waals surface area contributed by atoms with Crippen LogP contribution in [-0.2, 0) is 0 Å². The first kappa shape index (κ1) is 13.8. The summed E-state index contributed by atoms with van der Waals surface area (Å²) in [5.74, 6) is 0.212. The maximum atomic E-state index is 13.4. The van der Waals surface area contributed by atoms with Gasteiger partial charge in [-0.15, -0.1) is 21.8 Å². The van der Waals surface area contributed by atoms with E-state index in [1.54, 1.807) is 13.0 Å². The molecule has 0 aliphatic heterocycles. The number of hydrogen-bond acceptors (Lipinski definition) is 3. The number of aryl methyl sites for hydroxylation is 1. The van der Waals surface area contributed by atoms with E-state index < -0.39 is 5.38 Å². The van der Waals surface area contributed by atoms with Gasteiger partial charge in [0.25, 0.3) is 0 Å². The number of hydrogen-bond donors (Lipinski definition) is 0. The topological polar surface area (TPSA) is 38.9 Å². The lowest BCUT2D eigenvalue weighted by molar-refractivity contribution is 0.512. The van der Waals surface area contributed by atoms with Crippen LogP contribution in [0.4, 0.5) is 4.39 Å². The molecule has 3 aromatic rings. The lowest BCUT2D eigenvalue weighted by Gasteiger charge is -2.04. The van der Waals surface area contributed by atoms with Gasteiger partial charge in [0.15, 0.2) is 0 Å². The van der Waals surface area contributed by atoms with Crippen molar-refractivity contribution < 1.29 is 8.81 Å². The summed E-state index contributed by atoms with van der Waals surface area (Å²) in [6.07, 6.45) is 0. The smallest absolute Gasteiger partial charge is 0.247 e. The molecule has 1 atom stereocenters. The Bertz CT molecular complexity index is 738. The predicted molar refractivity (Wildman–Crippen MR) is 78.6 cm³/mol. The second-order valence-electron chi connectivity index (χ2n) is 4.74. The minimum absolute atomic E-state index is 0.259. The van der Waals surface area contributed by atoms with Crippen LogP contribution in [0.3, 0.4) is 0 Å². The molecule has 5 heteroatoms. The van der Waals surface area contributed by atoms with Gasteiger partial charge in [-0.3, -0.25) is 0 Å². The van der Waals surface area contributed by atoms with Crippen LogP contribution in [0.1, 0.15) is 22.4 Å². The van der Waals surface area contributed by atoms with Gasteiger partial charge in [-0.2, -0.15) is 0 Å². The summed E-state index contributed by atoms with van der Waals surface area (Å²) in [5, 5.41) is 7.38. The van der Waals surface area contributed by atoms with Gasteiger partial charge in [0.05, 0.1) is 0 Å². The van der Waals surface area contributed by atoms with Gasteiger partial charge in [-0.05, 0) is 36.2 Å². The van der Waals surface area contributed by atoms with Gasteiger partial charge in [0.1, 0.15) is 11.2 Å². The SMILES string of the molecule is Cc1cc(F)cc(-c2nnc(C(Cl)c3ccccc3)o2)c1. The van der Waals surface area contributed by atoms with E-state index in [4.69, 9.17) is 16.0 Å². The van der Waals surface area contributed by atoms with Crippen molar-refractivity contribution in [3.05, 3.63) is 71.4 Å². The third kappa shape index (κ3) is 2.95. The molecule has 106 valence electrons. The van der Waals surface area contributed by atoms with Crippen LogP contribution in [0.2, 0.25) is 0 Å². The Morgan fingerprint density at radius 2 is 1.86 bits per heavy atom. The fourth-order valence-electron chi connectivity index (χ4n) is 2.08. The van der Waals surface area contributed by atoms with E-state index in [1.165, 1.54) is 12.1 Å². The van der Waals surface area contributed by atoms with Crippen molar-refractivity contribution in [2.75, 3.05) is 0 Å². The lowest BCUT2D eigenvalue weighted by atomic mass is 10.1. The summed E-state index contributed by atoms with van der Waals surface area (Å²) in [6, 6.07) is 14.0. The maximum absolute atomic E-state index is 13.4. The van der Waals surface area contributed by atoms with E-state index in [1.807, 2.05) is 30.3 Å². The Morgan fingerprint density at radius 3 is 2.57 bits per heavy atom. The van der Waals surface area contributed by atoms with E-state index in [0.29, 0.717) is 11.5 Å². The van der Waals surface area contributed by atoms with Crippen molar-refractivity contribution in [1.82, 2.24) is 10.2 Å². The fraction of sp³-hybridized carbons (Fsp3) is 0.125. The van der Waals surface area contributed by atoms with Crippen molar-refractivity contribution >= 4 is 11.6 Å². The fourth-order valence-corrected chi connectivity index (χ4v) is 2.31. The highest BCUT2D eigenvalue weighted by molar-refractivity contribution is 6.22. The molecular formula is C16H12ClFN2O. The molecule has 1 unspecified atom stereocenters. The highest BCUT2D eigenvalue weighted by Gasteiger charge is 2.19. The second-order valence-corrected chi connectivity index (χ2v) is 5.17. The molecule has 21 heavy (non-hydrogen) atoms. The molecule has 3 rings (SSSR count). The van der Waals surface area contributed by atoms with E-state index in [9.17, 15) is 4.39 Å². The molecule has 0 N–H and O–H groups in total. The summed E-state index contributed by atoms with van der Waals surface area (Å²) in [7, 11) is 0. The van der Waals surface area contributed by atoms with Crippen molar-refractivity contribution in [1.29, 1.82) is 0 Å². The maximum Gasteiger partial charge on any atom is 0.247 e. The summed E-state index contributed by atoms with van der Waals surface area (Å²) in [6.45, 7) is 1.80. The molecule has 2 aromatic carbocycles. The van der Waals surface area contributed by atoms with Crippen LogP contribution >= 0.6 is 11.6 Å². The number of halogens is 2. The molecule has 1 heterocycles. The van der Waals surface area contributed by atoms with E-state index >= 15 is 0 Å². The summed E-state index contributed by atoms with van der Waals surface area (Å²) >= 11 is 6.32. The minimum Gasteiger partial charge on any atom is -0.419 e. The molecule has 0 saturated carbocycles. The van der Waals surface area contributed by atoms with E-state index in [0.717, 1.165) is 11.1 Å². The normalized spacial score (nSPS) is 12.3. The highest BCUT2D eigenvalue weighted by Crippen LogP contribution is 2.30. The second kappa shape index (κ2) is 5.66. The molecule has 1 aromatic heterocycles. The van der Waals surface area contributed by atoms with Crippen molar-refractivity contribution in [2.45, 2.75) is 12.3 Å². The molecule has 3 nitrogen and oxygen atoms in total. The molecule has 0 bridgehead atoms. The molecule has 0 aliphatic rings. The third-order valence-electron chi connectivity index (χ3n) is 3.04. The average molecular weight is 303 g/mol. The molecule has 0 radical (unpaired) electrons. The van der Waals surface area contributed by atoms with Gasteiger partial charge in [0.2, 0.25) is 11.8 Å². The van der Waals surface area contributed by atoms with E-state index in [2.05, 4.69) is 10.2 Å². The van der Waals surface area contributed by atoms with Gasteiger partial charge in [-0.1, -0.05) is 30.3 Å². The Kier molecular flexibility index (Phi) is 3.71. The standard InChI is InChI=1S/C16H12ClFN2O/c1-10-7-12(9-13(18)8-10)15-19-20-16(21-15)14(17)11-5-3-2-4-6-11/h2-9,14H,1H3. The van der Waals surface area contributed by atoms with Crippen LogP contribution in [0, 0.1) is 12.7 Å². The zero-order valence-electron chi connectivity index (χ0n) is 11.3. The molecule has 0 spiro atoms. The highest BCUT2D eigenvalue weighted by atomic mass is 35.5. The van der Waals surface area contributed by atoms with Gasteiger partial charge in [-0.25, -0.2) is 4.39 Å². The lowest BCUT2D eigenvalue weighted by Crippen LogP contribution is -1.92. The summed E-state index contributed by atoms with van der Waals surface area (Å²) in [5.41, 5.74) is 2.20. The van der Waals surface area contributed by atoms with Crippen molar-refractivity contribution in [3.8, 4) is 11.5 Å². The number of rotatable bonds is 3. The molecule has 0 saturated heterocycles. The predicted octanol–water partition coefficient (Wildman–Crippen LogP) is 4.51. The Balaban J connectivity index is 1.93. The molecular weight excluding hydrogens is 291 g/mol. The van der Waals surface area contributed by atoms with Gasteiger partial charge < -0.3 is 4.42 Å². The monoisotopic (exact) mass is 302 g/mol. The molecule has 0 aliphatic carbocycles. The van der Waals surface area contributed by atoms with Crippen LogP contribution < -0.4 is 0 Å². The van der Waals surface area contributed by atoms with E-state index in [-0.39, 0.29) is 11.7 Å². The summed E-state index contributed by atoms with van der Waals surface area (Å²) < 4.78 is 19.0. The summed E-state index contributed by atoms with van der Waals surface area (Å²) in [4.78, 5) is 0. The quantitative estimate of drug-likeness (QED) is 0.668. The van der Waals surface area contributed by atoms with Gasteiger partial charge in [0, 0.05) is 5.56 Å². The van der Waals surface area contributed by atoms with Crippen molar-refractivity contribution in [2.24, 2.45) is 0 Å². The van der Waals surface area contributed by atoms with Crippen LogP contribution in [0.5, 0.6) is 0 Å². The number of alkyl halides is 1. The zero-order valence-corrected chi connectivity index (χ0v) is 12.0. The number of aromatic nitrogens is 2. The van der Waals surface area contributed by atoms with Gasteiger partial charge >= 0.3 is 0 Å². The first-order valence-corrected chi connectivity index (χ1v) is 6.87. The Hall–Kier alpha value is -2.20. The molecule has 0 fully saturated rings. The number of benzene rings is 2. The van der Waals surface area contributed by atoms with Crippen LogP contribution in [0.15, 0.2) is 52.9 Å². The van der Waals surface area contributed by atoms with Crippen LogP contribution in [-0.4, -0.2) is 10.2 Å². The van der Waals surface area contributed by atoms with Crippen LogP contribution in [0.25, 0.3) is 11.5 Å². The Labute approximate surface area is 126 Å². The average Bonchev–Trinajstić information content (AvgIpc) is 2.96. The largest absolute Gasteiger partial charge is 0.419 e. The van der Waals surface area contributed by atoms with Crippen molar-refractivity contribution in [3.63, 3.8) is 0 Å². The molecule has 0 amide bonds. The third-order valence-corrected chi connectivity index (χ3v) is 3.48. The Morgan fingerprint density at radius 1 is 1.10 bits per heavy atom.